The molecule has 1 aromatic carbocycles. The molecule has 4 nitrogen and oxygen atoms in total. The van der Waals surface area contributed by atoms with Crippen molar-refractivity contribution in [2.24, 2.45) is 0 Å². The van der Waals surface area contributed by atoms with Gasteiger partial charge in [0, 0.05) is 25.7 Å². The molecule has 0 saturated heterocycles. The van der Waals surface area contributed by atoms with E-state index >= 15 is 0 Å². The second-order valence-corrected chi connectivity index (χ2v) is 6.45. The summed E-state index contributed by atoms with van der Waals surface area (Å²) in [6, 6.07) is 8.97. The van der Waals surface area contributed by atoms with Crippen molar-refractivity contribution in [2.75, 3.05) is 18.0 Å². The molecular weight excluding hydrogens is 262 g/mol. The van der Waals surface area contributed by atoms with Crippen molar-refractivity contribution in [1.82, 2.24) is 5.32 Å². The molecule has 1 aliphatic carbocycles. The van der Waals surface area contributed by atoms with Crippen LogP contribution in [0, 0.1) is 11.3 Å². The Morgan fingerprint density at radius 3 is 2.67 bits per heavy atom. The summed E-state index contributed by atoms with van der Waals surface area (Å²) < 4.78 is 0. The first-order chi connectivity index (χ1) is 9.93. The van der Waals surface area contributed by atoms with Gasteiger partial charge < -0.3 is 15.3 Å². The lowest BCUT2D eigenvalue weighted by molar-refractivity contribution is 0.0876. The van der Waals surface area contributed by atoms with Crippen LogP contribution in [0.25, 0.3) is 0 Å². The van der Waals surface area contributed by atoms with Crippen LogP contribution in [0.1, 0.15) is 44.7 Å². The third-order valence-corrected chi connectivity index (χ3v) is 3.65. The minimum absolute atomic E-state index is 0.512. The van der Waals surface area contributed by atoms with E-state index in [9.17, 15) is 10.4 Å². The number of anilines is 1. The van der Waals surface area contributed by atoms with Gasteiger partial charge in [0.25, 0.3) is 0 Å². The van der Waals surface area contributed by atoms with Crippen LogP contribution in [0.2, 0.25) is 0 Å². The smallest absolute Gasteiger partial charge is 0.101 e. The van der Waals surface area contributed by atoms with Gasteiger partial charge in [0.05, 0.1) is 16.9 Å². The molecule has 0 spiro atoms. The van der Waals surface area contributed by atoms with Gasteiger partial charge in [-0.2, -0.15) is 5.26 Å². The molecule has 0 amide bonds. The quantitative estimate of drug-likeness (QED) is 0.808. The van der Waals surface area contributed by atoms with Crippen molar-refractivity contribution >= 4 is 5.69 Å². The van der Waals surface area contributed by atoms with Gasteiger partial charge in [-0.05, 0) is 51.3 Å². The lowest BCUT2D eigenvalue weighted by Gasteiger charge is -2.30. The predicted octanol–water partition coefficient (Wildman–Crippen LogP) is 2.41. The molecule has 4 heteroatoms. The summed E-state index contributed by atoms with van der Waals surface area (Å²) in [6.45, 7) is 7.70. The number of nitriles is 1. The Balaban J connectivity index is 2.15. The Bertz CT molecular complexity index is 524. The number of benzene rings is 1. The van der Waals surface area contributed by atoms with Gasteiger partial charge in [0.1, 0.15) is 6.07 Å². The summed E-state index contributed by atoms with van der Waals surface area (Å²) in [6.07, 6.45) is 2.52. The Hall–Kier alpha value is -1.57. The maximum Gasteiger partial charge on any atom is 0.101 e. The molecule has 1 aliphatic rings. The highest BCUT2D eigenvalue weighted by Gasteiger charge is 2.21. The molecule has 0 heterocycles. The third-order valence-electron chi connectivity index (χ3n) is 3.65. The molecule has 21 heavy (non-hydrogen) atoms. The fourth-order valence-corrected chi connectivity index (χ4v) is 2.44. The zero-order valence-electron chi connectivity index (χ0n) is 13.2. The fraction of sp³-hybridized carbons (Fsp3) is 0.588. The Morgan fingerprint density at radius 1 is 1.43 bits per heavy atom. The van der Waals surface area contributed by atoms with E-state index < -0.39 is 5.60 Å². The van der Waals surface area contributed by atoms with Crippen molar-refractivity contribution in [3.63, 3.8) is 0 Å². The summed E-state index contributed by atoms with van der Waals surface area (Å²) in [7, 11) is 0. The Kier molecular flexibility index (Phi) is 4.87. The van der Waals surface area contributed by atoms with Gasteiger partial charge in [0.15, 0.2) is 0 Å². The van der Waals surface area contributed by atoms with Crippen LogP contribution in [-0.4, -0.2) is 29.8 Å². The molecule has 0 atom stereocenters. The van der Waals surface area contributed by atoms with E-state index in [4.69, 9.17) is 0 Å². The molecule has 2 N–H and O–H groups in total. The number of nitrogens with one attached hydrogen (secondary N) is 1. The monoisotopic (exact) mass is 287 g/mol. The van der Waals surface area contributed by atoms with E-state index in [-0.39, 0.29) is 0 Å². The highest BCUT2D eigenvalue weighted by Crippen LogP contribution is 2.24. The SMILES string of the molecule is CCN(CC(C)(C)O)c1ccc(CNC2CC2)cc1C#N. The van der Waals surface area contributed by atoms with E-state index in [0.717, 1.165) is 24.3 Å². The van der Waals surface area contributed by atoms with Crippen LogP contribution in [0.15, 0.2) is 18.2 Å². The predicted molar refractivity (Wildman–Crippen MR) is 85.2 cm³/mol. The van der Waals surface area contributed by atoms with Crippen molar-refractivity contribution in [3.8, 4) is 6.07 Å². The van der Waals surface area contributed by atoms with E-state index in [1.165, 1.54) is 12.8 Å². The van der Waals surface area contributed by atoms with E-state index in [1.54, 1.807) is 13.8 Å². The molecule has 114 valence electrons. The second-order valence-electron chi connectivity index (χ2n) is 6.45. The number of nitrogens with zero attached hydrogens (tertiary/aromatic N) is 2. The highest BCUT2D eigenvalue weighted by atomic mass is 16.3. The molecule has 0 aliphatic heterocycles. The average Bonchev–Trinajstić information content (AvgIpc) is 3.25. The van der Waals surface area contributed by atoms with E-state index in [0.29, 0.717) is 18.2 Å². The first-order valence-corrected chi connectivity index (χ1v) is 7.66. The van der Waals surface area contributed by atoms with Crippen molar-refractivity contribution in [2.45, 2.75) is 51.8 Å². The number of likely N-dealkylation sites (N-methyl/N-ethyl adjacent to an activating group) is 1. The van der Waals surface area contributed by atoms with Crippen LogP contribution >= 0.6 is 0 Å². The van der Waals surface area contributed by atoms with Crippen molar-refractivity contribution in [3.05, 3.63) is 29.3 Å². The topological polar surface area (TPSA) is 59.3 Å². The molecule has 1 saturated carbocycles. The summed E-state index contributed by atoms with van der Waals surface area (Å²) in [5.41, 5.74) is 1.93. The van der Waals surface area contributed by atoms with Crippen LogP contribution < -0.4 is 10.2 Å². The zero-order chi connectivity index (χ0) is 15.5. The maximum absolute atomic E-state index is 10.0. The van der Waals surface area contributed by atoms with Crippen LogP contribution in [0.4, 0.5) is 5.69 Å². The first kappa shape index (κ1) is 15.8. The lowest BCUT2D eigenvalue weighted by Crippen LogP contribution is -2.39. The van der Waals surface area contributed by atoms with Crippen LogP contribution in [0.5, 0.6) is 0 Å². The molecule has 1 aromatic rings. The summed E-state index contributed by atoms with van der Waals surface area (Å²) in [5.74, 6) is 0. The van der Waals surface area contributed by atoms with E-state index in [1.807, 2.05) is 19.1 Å². The largest absolute Gasteiger partial charge is 0.389 e. The van der Waals surface area contributed by atoms with E-state index in [2.05, 4.69) is 22.4 Å². The summed E-state index contributed by atoms with van der Waals surface area (Å²) >= 11 is 0. The highest BCUT2D eigenvalue weighted by molar-refractivity contribution is 5.60. The first-order valence-electron chi connectivity index (χ1n) is 7.66. The fourth-order valence-electron chi connectivity index (χ4n) is 2.44. The van der Waals surface area contributed by atoms with Gasteiger partial charge in [-0.1, -0.05) is 6.07 Å². The van der Waals surface area contributed by atoms with Crippen molar-refractivity contribution < 1.29 is 5.11 Å². The minimum atomic E-state index is -0.783. The zero-order valence-corrected chi connectivity index (χ0v) is 13.2. The number of hydrogen-bond acceptors (Lipinski definition) is 4. The maximum atomic E-state index is 10.0. The molecule has 0 unspecified atom stereocenters. The molecule has 0 bridgehead atoms. The molecular formula is C17H25N3O. The molecule has 0 radical (unpaired) electrons. The van der Waals surface area contributed by atoms with Gasteiger partial charge in [-0.15, -0.1) is 0 Å². The summed E-state index contributed by atoms with van der Waals surface area (Å²) in [5, 5.41) is 22.9. The van der Waals surface area contributed by atoms with Gasteiger partial charge in [-0.25, -0.2) is 0 Å². The lowest BCUT2D eigenvalue weighted by atomic mass is 10.1. The van der Waals surface area contributed by atoms with Crippen LogP contribution in [-0.2, 0) is 6.54 Å². The Morgan fingerprint density at radius 2 is 2.14 bits per heavy atom. The number of rotatable bonds is 7. The molecule has 1 fully saturated rings. The minimum Gasteiger partial charge on any atom is -0.389 e. The van der Waals surface area contributed by atoms with Gasteiger partial charge in [0.2, 0.25) is 0 Å². The van der Waals surface area contributed by atoms with Crippen molar-refractivity contribution in [1.29, 1.82) is 5.26 Å². The third kappa shape index (κ3) is 4.73. The molecule has 0 aromatic heterocycles. The van der Waals surface area contributed by atoms with Gasteiger partial charge >= 0.3 is 0 Å². The van der Waals surface area contributed by atoms with Gasteiger partial charge in [-0.3, -0.25) is 0 Å². The number of aliphatic hydroxyl groups is 1. The Labute approximate surface area is 127 Å². The second kappa shape index (κ2) is 6.46. The number of hydrogen-bond donors (Lipinski definition) is 2. The summed E-state index contributed by atoms with van der Waals surface area (Å²) in [4.78, 5) is 2.05. The standard InChI is InChI=1S/C17H25N3O/c1-4-20(12-17(2,3)21)16-8-5-13(9-14(16)10-18)11-19-15-6-7-15/h5,8-9,15,19,21H,4,6-7,11-12H2,1-3H3. The normalized spacial score (nSPS) is 14.8. The average molecular weight is 287 g/mol. The molecule has 2 rings (SSSR count). The van der Waals surface area contributed by atoms with Crippen LogP contribution in [0.3, 0.4) is 0 Å².